The van der Waals surface area contributed by atoms with Crippen LogP contribution in [-0.2, 0) is 0 Å². The lowest BCUT2D eigenvalue weighted by Crippen LogP contribution is -2.00. The number of carbonyl (C=O) groups is 1. The molecule has 0 bridgehead atoms. The maximum atomic E-state index is 12.4. The number of H-pyrrole nitrogens is 1. The van der Waals surface area contributed by atoms with Gasteiger partial charge in [0.05, 0.1) is 5.69 Å². The number of carbonyl (C=O) groups excluding carboxylic acids is 1. The van der Waals surface area contributed by atoms with Crippen LogP contribution >= 0.6 is 0 Å². The Kier molecular flexibility index (Phi) is 2.71. The van der Waals surface area contributed by atoms with Crippen molar-refractivity contribution in [3.63, 3.8) is 0 Å². The predicted octanol–water partition coefficient (Wildman–Crippen LogP) is 4.02. The zero-order valence-electron chi connectivity index (χ0n) is 11.0. The molecule has 0 saturated carbocycles. The molecule has 3 aromatic rings. The molecular formula is C17H15NO. The molecule has 2 heteroatoms. The van der Waals surface area contributed by atoms with Crippen LogP contribution in [0.5, 0.6) is 0 Å². The molecule has 2 aromatic carbocycles. The van der Waals surface area contributed by atoms with Gasteiger partial charge in [-0.15, -0.1) is 0 Å². The second-order valence-electron chi connectivity index (χ2n) is 4.85. The van der Waals surface area contributed by atoms with Crippen LogP contribution in [0.1, 0.15) is 27.2 Å². The SMILES string of the molecule is Cc1ccc2[nH]c(C(=O)c3ccccc3)cc2c1C. The molecule has 0 aliphatic carbocycles. The van der Waals surface area contributed by atoms with Crippen LogP contribution < -0.4 is 0 Å². The maximum Gasteiger partial charge on any atom is 0.209 e. The molecule has 3 rings (SSSR count). The molecule has 1 aromatic heterocycles. The number of fused-ring (bicyclic) bond motifs is 1. The smallest absolute Gasteiger partial charge is 0.209 e. The second-order valence-corrected chi connectivity index (χ2v) is 4.85. The highest BCUT2D eigenvalue weighted by atomic mass is 16.1. The Balaban J connectivity index is 2.12. The summed E-state index contributed by atoms with van der Waals surface area (Å²) in [7, 11) is 0. The van der Waals surface area contributed by atoms with Crippen molar-refractivity contribution in [1.82, 2.24) is 4.98 Å². The van der Waals surface area contributed by atoms with Crippen molar-refractivity contribution in [3.8, 4) is 0 Å². The number of nitrogens with one attached hydrogen (secondary N) is 1. The minimum absolute atomic E-state index is 0.0360. The zero-order chi connectivity index (χ0) is 13.4. The second kappa shape index (κ2) is 4.39. The highest BCUT2D eigenvalue weighted by Crippen LogP contribution is 2.23. The third-order valence-corrected chi connectivity index (χ3v) is 3.62. The van der Waals surface area contributed by atoms with Crippen molar-refractivity contribution >= 4 is 16.7 Å². The Bertz CT molecular complexity index is 754. The Labute approximate surface area is 112 Å². The van der Waals surface area contributed by atoms with Crippen molar-refractivity contribution in [2.75, 3.05) is 0 Å². The largest absolute Gasteiger partial charge is 0.352 e. The Hall–Kier alpha value is -2.35. The quantitative estimate of drug-likeness (QED) is 0.684. The lowest BCUT2D eigenvalue weighted by molar-refractivity contribution is 0.103. The summed E-state index contributed by atoms with van der Waals surface area (Å²) in [6.45, 7) is 4.17. The number of aryl methyl sites for hydroxylation is 2. The van der Waals surface area contributed by atoms with Gasteiger partial charge in [-0.1, -0.05) is 36.4 Å². The van der Waals surface area contributed by atoms with Crippen molar-refractivity contribution in [3.05, 3.63) is 70.9 Å². The molecular weight excluding hydrogens is 234 g/mol. The van der Waals surface area contributed by atoms with Crippen molar-refractivity contribution < 1.29 is 4.79 Å². The van der Waals surface area contributed by atoms with E-state index in [1.54, 1.807) is 0 Å². The molecule has 19 heavy (non-hydrogen) atoms. The van der Waals surface area contributed by atoms with Crippen LogP contribution in [0.25, 0.3) is 10.9 Å². The van der Waals surface area contributed by atoms with Gasteiger partial charge in [-0.3, -0.25) is 4.79 Å². The van der Waals surface area contributed by atoms with E-state index in [9.17, 15) is 4.79 Å². The summed E-state index contributed by atoms with van der Waals surface area (Å²) >= 11 is 0. The Morgan fingerprint density at radius 3 is 2.47 bits per heavy atom. The van der Waals surface area contributed by atoms with Gasteiger partial charge in [0.25, 0.3) is 0 Å². The summed E-state index contributed by atoms with van der Waals surface area (Å²) in [6.07, 6.45) is 0. The first-order chi connectivity index (χ1) is 9.16. The van der Waals surface area contributed by atoms with Gasteiger partial charge in [-0.25, -0.2) is 0 Å². The summed E-state index contributed by atoms with van der Waals surface area (Å²) in [5.74, 6) is 0.0360. The fraction of sp³-hybridized carbons (Fsp3) is 0.118. The molecule has 0 aliphatic heterocycles. The van der Waals surface area contributed by atoms with Crippen LogP contribution in [0.4, 0.5) is 0 Å². The van der Waals surface area contributed by atoms with Crippen molar-refractivity contribution in [2.24, 2.45) is 0 Å². The molecule has 0 amide bonds. The maximum absolute atomic E-state index is 12.4. The van der Waals surface area contributed by atoms with Crippen LogP contribution in [0.2, 0.25) is 0 Å². The molecule has 1 N–H and O–H groups in total. The fourth-order valence-corrected chi connectivity index (χ4v) is 2.33. The molecule has 0 atom stereocenters. The first-order valence-corrected chi connectivity index (χ1v) is 6.35. The molecule has 0 spiro atoms. The molecule has 0 saturated heterocycles. The van der Waals surface area contributed by atoms with Gasteiger partial charge in [-0.05, 0) is 37.1 Å². The third-order valence-electron chi connectivity index (χ3n) is 3.62. The number of hydrogen-bond donors (Lipinski definition) is 1. The molecule has 0 aliphatic rings. The number of rotatable bonds is 2. The van der Waals surface area contributed by atoms with E-state index in [0.29, 0.717) is 11.3 Å². The number of aromatic amines is 1. The Morgan fingerprint density at radius 2 is 1.74 bits per heavy atom. The van der Waals surface area contributed by atoms with Crippen LogP contribution in [0, 0.1) is 13.8 Å². The van der Waals surface area contributed by atoms with E-state index >= 15 is 0 Å². The van der Waals surface area contributed by atoms with E-state index in [-0.39, 0.29) is 5.78 Å². The molecule has 0 radical (unpaired) electrons. The number of benzene rings is 2. The lowest BCUT2D eigenvalue weighted by Gasteiger charge is -1.99. The van der Waals surface area contributed by atoms with E-state index in [1.165, 1.54) is 11.1 Å². The average molecular weight is 249 g/mol. The number of ketones is 1. The van der Waals surface area contributed by atoms with Crippen LogP contribution in [0.15, 0.2) is 48.5 Å². The van der Waals surface area contributed by atoms with E-state index in [1.807, 2.05) is 42.5 Å². The first-order valence-electron chi connectivity index (χ1n) is 6.35. The third kappa shape index (κ3) is 1.95. The molecule has 0 fully saturated rings. The van der Waals surface area contributed by atoms with Crippen molar-refractivity contribution in [1.29, 1.82) is 0 Å². The standard InChI is InChI=1S/C17H15NO/c1-11-8-9-15-14(12(11)2)10-16(18-15)17(19)13-6-4-3-5-7-13/h3-10,18H,1-2H3. The van der Waals surface area contributed by atoms with Crippen LogP contribution in [0.3, 0.4) is 0 Å². The van der Waals surface area contributed by atoms with E-state index in [2.05, 4.69) is 24.9 Å². The van der Waals surface area contributed by atoms with Gasteiger partial charge in [0.15, 0.2) is 0 Å². The molecule has 94 valence electrons. The van der Waals surface area contributed by atoms with Gasteiger partial charge in [0.1, 0.15) is 0 Å². The minimum atomic E-state index is 0.0360. The summed E-state index contributed by atoms with van der Waals surface area (Å²) in [6, 6.07) is 15.4. The monoisotopic (exact) mass is 249 g/mol. The summed E-state index contributed by atoms with van der Waals surface area (Å²) in [5.41, 5.74) is 4.84. The molecule has 1 heterocycles. The van der Waals surface area contributed by atoms with Gasteiger partial charge in [-0.2, -0.15) is 0 Å². The highest BCUT2D eigenvalue weighted by molar-refractivity contribution is 6.10. The normalized spacial score (nSPS) is 10.8. The average Bonchev–Trinajstić information content (AvgIpc) is 2.88. The first kappa shape index (κ1) is 11.7. The van der Waals surface area contributed by atoms with Gasteiger partial charge in [0.2, 0.25) is 5.78 Å². The summed E-state index contributed by atoms with van der Waals surface area (Å²) in [4.78, 5) is 15.6. The lowest BCUT2D eigenvalue weighted by atomic mass is 10.0. The van der Waals surface area contributed by atoms with E-state index in [4.69, 9.17) is 0 Å². The molecule has 0 unspecified atom stereocenters. The van der Waals surface area contributed by atoms with E-state index < -0.39 is 0 Å². The van der Waals surface area contributed by atoms with Crippen LogP contribution in [-0.4, -0.2) is 10.8 Å². The fourth-order valence-electron chi connectivity index (χ4n) is 2.33. The predicted molar refractivity (Wildman–Crippen MR) is 77.6 cm³/mol. The number of aromatic nitrogens is 1. The highest BCUT2D eigenvalue weighted by Gasteiger charge is 2.12. The van der Waals surface area contributed by atoms with E-state index in [0.717, 1.165) is 10.9 Å². The van der Waals surface area contributed by atoms with Crippen molar-refractivity contribution in [2.45, 2.75) is 13.8 Å². The number of hydrogen-bond acceptors (Lipinski definition) is 1. The Morgan fingerprint density at radius 1 is 1.00 bits per heavy atom. The summed E-state index contributed by atoms with van der Waals surface area (Å²) in [5, 5.41) is 1.12. The van der Waals surface area contributed by atoms with Gasteiger partial charge in [0, 0.05) is 16.5 Å². The molecule has 2 nitrogen and oxygen atoms in total. The zero-order valence-corrected chi connectivity index (χ0v) is 11.0. The summed E-state index contributed by atoms with van der Waals surface area (Å²) < 4.78 is 0. The topological polar surface area (TPSA) is 32.9 Å². The minimum Gasteiger partial charge on any atom is -0.352 e. The van der Waals surface area contributed by atoms with Gasteiger partial charge >= 0.3 is 0 Å². The van der Waals surface area contributed by atoms with Gasteiger partial charge < -0.3 is 4.98 Å².